The molecule has 4 aromatic carbocycles. The van der Waals surface area contributed by atoms with Crippen LogP contribution < -0.4 is 0 Å². The van der Waals surface area contributed by atoms with Crippen molar-refractivity contribution in [2.24, 2.45) is 0 Å². The summed E-state index contributed by atoms with van der Waals surface area (Å²) >= 11 is 0. The average Bonchev–Trinajstić information content (AvgIpc) is 3.35. The minimum absolute atomic E-state index is 0.532. The third-order valence-corrected chi connectivity index (χ3v) is 5.81. The number of rotatable bonds is 6. The molecule has 1 heterocycles. The average molecular weight is 413 g/mol. The van der Waals surface area contributed by atoms with E-state index in [1.165, 1.54) is 16.7 Å². The van der Waals surface area contributed by atoms with Crippen LogP contribution in [0.4, 0.5) is 0 Å². The molecule has 1 aromatic heterocycles. The van der Waals surface area contributed by atoms with Gasteiger partial charge in [0.1, 0.15) is 5.54 Å². The summed E-state index contributed by atoms with van der Waals surface area (Å²) in [5.74, 6) is 0. The van der Waals surface area contributed by atoms with E-state index >= 15 is 0 Å². The van der Waals surface area contributed by atoms with Crippen molar-refractivity contribution in [2.45, 2.75) is 5.54 Å². The second-order valence-corrected chi connectivity index (χ2v) is 7.76. The van der Waals surface area contributed by atoms with Crippen molar-refractivity contribution in [3.63, 3.8) is 0 Å². The SMILES string of the molecule is C(=Cc1cn(C(c2ccccc2)(c2ccccc2)c2ccccc2)cn1)c1ccccc1. The van der Waals surface area contributed by atoms with Gasteiger partial charge >= 0.3 is 0 Å². The monoisotopic (exact) mass is 412 g/mol. The molecule has 0 saturated heterocycles. The minimum Gasteiger partial charge on any atom is -0.318 e. The molecule has 0 aliphatic heterocycles. The molecule has 0 spiro atoms. The van der Waals surface area contributed by atoms with E-state index in [0.717, 1.165) is 11.3 Å². The number of aromatic nitrogens is 2. The molecule has 2 nitrogen and oxygen atoms in total. The maximum atomic E-state index is 4.75. The second kappa shape index (κ2) is 8.91. The summed E-state index contributed by atoms with van der Waals surface area (Å²) < 4.78 is 2.23. The van der Waals surface area contributed by atoms with Crippen LogP contribution >= 0.6 is 0 Å². The molecule has 0 fully saturated rings. The van der Waals surface area contributed by atoms with Crippen LogP contribution in [-0.4, -0.2) is 9.55 Å². The fourth-order valence-electron chi connectivity index (χ4n) is 4.34. The highest BCUT2D eigenvalue weighted by atomic mass is 15.1. The quantitative estimate of drug-likeness (QED) is 0.278. The molecule has 0 aliphatic rings. The fraction of sp³-hybridized carbons (Fsp3) is 0.0333. The van der Waals surface area contributed by atoms with E-state index in [-0.39, 0.29) is 0 Å². The Balaban J connectivity index is 1.71. The van der Waals surface area contributed by atoms with Crippen LogP contribution in [0.1, 0.15) is 27.9 Å². The molecule has 0 aliphatic carbocycles. The molecular formula is C30H24N2. The van der Waals surface area contributed by atoms with Gasteiger partial charge in [-0.3, -0.25) is 0 Å². The second-order valence-electron chi connectivity index (χ2n) is 7.76. The van der Waals surface area contributed by atoms with Crippen LogP contribution in [0.25, 0.3) is 12.2 Å². The van der Waals surface area contributed by atoms with Gasteiger partial charge in [0.2, 0.25) is 0 Å². The maximum absolute atomic E-state index is 4.75. The molecule has 2 heteroatoms. The topological polar surface area (TPSA) is 17.8 Å². The van der Waals surface area contributed by atoms with Crippen molar-refractivity contribution in [2.75, 3.05) is 0 Å². The lowest BCUT2D eigenvalue weighted by Gasteiger charge is -2.37. The molecule has 0 amide bonds. The Morgan fingerprint density at radius 1 is 0.531 bits per heavy atom. The normalized spacial score (nSPS) is 11.6. The van der Waals surface area contributed by atoms with Crippen molar-refractivity contribution >= 4 is 12.2 Å². The van der Waals surface area contributed by atoms with Crippen LogP contribution in [-0.2, 0) is 5.54 Å². The van der Waals surface area contributed by atoms with Gasteiger partial charge in [0, 0.05) is 6.20 Å². The van der Waals surface area contributed by atoms with Gasteiger partial charge < -0.3 is 4.57 Å². The molecule has 0 radical (unpaired) electrons. The zero-order valence-electron chi connectivity index (χ0n) is 17.8. The molecule has 5 rings (SSSR count). The van der Waals surface area contributed by atoms with Crippen LogP contribution in [0.15, 0.2) is 134 Å². The molecule has 5 aromatic rings. The highest BCUT2D eigenvalue weighted by Crippen LogP contribution is 2.40. The molecule has 0 saturated carbocycles. The molecule has 154 valence electrons. The van der Waals surface area contributed by atoms with Crippen molar-refractivity contribution < 1.29 is 0 Å². The summed E-state index contributed by atoms with van der Waals surface area (Å²) in [5, 5.41) is 0. The van der Waals surface area contributed by atoms with Crippen molar-refractivity contribution in [3.8, 4) is 0 Å². The first-order chi connectivity index (χ1) is 15.9. The molecule has 32 heavy (non-hydrogen) atoms. The Bertz CT molecular complexity index is 1190. The van der Waals surface area contributed by atoms with E-state index in [1.807, 2.05) is 24.5 Å². The van der Waals surface area contributed by atoms with Crippen molar-refractivity contribution in [1.82, 2.24) is 9.55 Å². The standard InChI is InChI=1S/C30H24N2/c1-5-13-25(14-6-1)21-22-29-23-32(24-31-29)30(26-15-7-2-8-16-26,27-17-9-3-10-18-27)28-19-11-4-12-20-28/h1-24H. The number of nitrogens with zero attached hydrogens (tertiary/aromatic N) is 2. The van der Waals surface area contributed by atoms with E-state index < -0.39 is 5.54 Å². The van der Waals surface area contributed by atoms with Crippen LogP contribution in [0, 0.1) is 0 Å². The molecule has 0 atom stereocenters. The van der Waals surface area contributed by atoms with E-state index in [9.17, 15) is 0 Å². The summed E-state index contributed by atoms with van der Waals surface area (Å²) in [5.41, 5.74) is 5.11. The number of hydrogen-bond donors (Lipinski definition) is 0. The number of imidazole rings is 1. The summed E-state index contributed by atoms with van der Waals surface area (Å²) in [6, 6.07) is 42.3. The van der Waals surface area contributed by atoms with Crippen molar-refractivity contribution in [3.05, 3.63) is 162 Å². The van der Waals surface area contributed by atoms with Gasteiger partial charge in [-0.2, -0.15) is 0 Å². The third kappa shape index (κ3) is 3.67. The fourth-order valence-corrected chi connectivity index (χ4v) is 4.34. The summed E-state index contributed by atoms with van der Waals surface area (Å²) in [7, 11) is 0. The van der Waals surface area contributed by atoms with E-state index in [2.05, 4.69) is 126 Å². The minimum atomic E-state index is -0.532. The molecular weight excluding hydrogens is 388 g/mol. The lowest BCUT2D eigenvalue weighted by molar-refractivity contribution is 0.514. The first-order valence-corrected chi connectivity index (χ1v) is 10.8. The first-order valence-electron chi connectivity index (χ1n) is 10.8. The van der Waals surface area contributed by atoms with E-state index in [4.69, 9.17) is 4.98 Å². The van der Waals surface area contributed by atoms with Gasteiger partial charge in [-0.1, -0.05) is 127 Å². The highest BCUT2D eigenvalue weighted by molar-refractivity contribution is 5.67. The summed E-state index contributed by atoms with van der Waals surface area (Å²) in [6.45, 7) is 0. The lowest BCUT2D eigenvalue weighted by Crippen LogP contribution is -2.36. The molecule has 0 N–H and O–H groups in total. The third-order valence-electron chi connectivity index (χ3n) is 5.81. The zero-order valence-corrected chi connectivity index (χ0v) is 17.8. The predicted octanol–water partition coefficient (Wildman–Crippen LogP) is 6.89. The molecule has 0 unspecified atom stereocenters. The van der Waals surface area contributed by atoms with Gasteiger partial charge in [0.05, 0.1) is 12.0 Å². The Morgan fingerprint density at radius 3 is 1.44 bits per heavy atom. The Labute approximate surface area is 189 Å². The Hall–Kier alpha value is -4.17. The first kappa shape index (κ1) is 19.8. The summed E-state index contributed by atoms with van der Waals surface area (Å²) in [4.78, 5) is 4.75. The van der Waals surface area contributed by atoms with Gasteiger partial charge in [-0.05, 0) is 28.3 Å². The number of benzene rings is 4. The van der Waals surface area contributed by atoms with Crippen LogP contribution in [0.2, 0.25) is 0 Å². The van der Waals surface area contributed by atoms with Crippen LogP contribution in [0.3, 0.4) is 0 Å². The van der Waals surface area contributed by atoms with Crippen molar-refractivity contribution in [1.29, 1.82) is 0 Å². The van der Waals surface area contributed by atoms with Gasteiger partial charge in [0.15, 0.2) is 0 Å². The zero-order chi connectivity index (χ0) is 21.6. The van der Waals surface area contributed by atoms with Gasteiger partial charge in [-0.15, -0.1) is 0 Å². The summed E-state index contributed by atoms with van der Waals surface area (Å²) in [6.07, 6.45) is 8.24. The largest absolute Gasteiger partial charge is 0.318 e. The van der Waals surface area contributed by atoms with E-state index in [1.54, 1.807) is 0 Å². The number of hydrogen-bond acceptors (Lipinski definition) is 1. The molecule has 0 bridgehead atoms. The van der Waals surface area contributed by atoms with Gasteiger partial charge in [0.25, 0.3) is 0 Å². The van der Waals surface area contributed by atoms with Crippen LogP contribution in [0.5, 0.6) is 0 Å². The highest BCUT2D eigenvalue weighted by Gasteiger charge is 2.38. The predicted molar refractivity (Wildman–Crippen MR) is 132 cm³/mol. The van der Waals surface area contributed by atoms with E-state index in [0.29, 0.717) is 0 Å². The lowest BCUT2D eigenvalue weighted by atomic mass is 9.77. The van der Waals surface area contributed by atoms with Gasteiger partial charge in [-0.25, -0.2) is 4.98 Å². The maximum Gasteiger partial charge on any atom is 0.121 e. The Kier molecular flexibility index (Phi) is 5.50. The Morgan fingerprint density at radius 2 is 0.969 bits per heavy atom. The smallest absolute Gasteiger partial charge is 0.121 e.